The number of H-pyrrole nitrogens is 1. The number of nitro benzene ring substituents is 1. The SMILES string of the molecule is O=C(NS(=O)(=O)c1ccc(NCC2CCOCC2)c([N+](=O)[O-])c1)c1ccc(N2CCN(CC3Cc4cc(Cl)ccc4CN3C(=O)C3CC3)CC2)cc1Oc1cnc2[nH]ccc2c1. The molecule has 5 heterocycles. The van der Waals surface area contributed by atoms with Crippen LogP contribution in [0.15, 0.2) is 84.0 Å². The lowest BCUT2D eigenvalue weighted by Crippen LogP contribution is -2.54. The summed E-state index contributed by atoms with van der Waals surface area (Å²) in [5, 5.41) is 16.6. The highest BCUT2D eigenvalue weighted by Gasteiger charge is 2.39. The average Bonchev–Trinajstić information content (AvgIpc) is 4.02. The Morgan fingerprint density at radius 2 is 1.77 bits per heavy atom. The first-order valence-corrected chi connectivity index (χ1v) is 22.8. The predicted octanol–water partition coefficient (Wildman–Crippen LogP) is 6.36. The van der Waals surface area contributed by atoms with Gasteiger partial charge >= 0.3 is 0 Å². The van der Waals surface area contributed by atoms with Crippen molar-refractivity contribution in [2.24, 2.45) is 11.8 Å². The molecule has 3 N–H and O–H groups in total. The standard InChI is InChI=1S/C44H47ClN8O8S/c45-33-4-3-31-26-52(44(55)29-1-2-29)35(20-32(31)19-33)27-50-13-15-51(16-14-50)34-5-7-38(41(22-34)61-36-21-30-9-12-46-42(30)48-25-36)43(54)49-62(58,59)37-6-8-39(40(23-37)53(56)57)47-24-28-10-17-60-18-11-28/h3-9,12,19,21-23,25,28-29,35,47H,1-2,10-11,13-18,20,24,26-27H2,(H,46,48)(H,49,54). The number of anilines is 2. The van der Waals surface area contributed by atoms with Crippen molar-refractivity contribution >= 4 is 61.5 Å². The molecule has 18 heteroatoms. The van der Waals surface area contributed by atoms with E-state index in [1.54, 1.807) is 24.4 Å². The van der Waals surface area contributed by atoms with Crippen LogP contribution in [0.4, 0.5) is 17.1 Å². The zero-order valence-corrected chi connectivity index (χ0v) is 35.5. The summed E-state index contributed by atoms with van der Waals surface area (Å²) in [6.07, 6.45) is 7.52. The van der Waals surface area contributed by atoms with Gasteiger partial charge in [0.1, 0.15) is 22.8 Å². The highest BCUT2D eigenvalue weighted by atomic mass is 35.5. The van der Waals surface area contributed by atoms with Gasteiger partial charge in [-0.3, -0.25) is 24.6 Å². The van der Waals surface area contributed by atoms with E-state index in [1.165, 1.54) is 30.0 Å². The second-order valence-corrected chi connectivity index (χ2v) is 18.6. The number of pyridine rings is 1. The number of sulfonamides is 1. The second-order valence-electron chi connectivity index (χ2n) is 16.5. The summed E-state index contributed by atoms with van der Waals surface area (Å²) in [6, 6.07) is 18.1. The number of nitrogens with zero attached hydrogens (tertiary/aromatic N) is 5. The molecule has 0 radical (unpaired) electrons. The van der Waals surface area contributed by atoms with E-state index in [0.717, 1.165) is 74.4 Å². The summed E-state index contributed by atoms with van der Waals surface area (Å²) in [5.41, 5.74) is 3.44. The molecule has 2 aromatic heterocycles. The van der Waals surface area contributed by atoms with Crippen LogP contribution in [0.5, 0.6) is 11.5 Å². The number of nitro groups is 1. The minimum absolute atomic E-state index is 0.0311. The molecule has 324 valence electrons. The van der Waals surface area contributed by atoms with Crippen molar-refractivity contribution in [1.82, 2.24) is 24.5 Å². The third-order valence-electron chi connectivity index (χ3n) is 12.3. The van der Waals surface area contributed by atoms with E-state index in [1.807, 2.05) is 24.3 Å². The maximum Gasteiger partial charge on any atom is 0.293 e. The minimum atomic E-state index is -4.57. The lowest BCUT2D eigenvalue weighted by molar-refractivity contribution is -0.384. The number of aromatic amines is 1. The summed E-state index contributed by atoms with van der Waals surface area (Å²) in [4.78, 5) is 52.4. The lowest BCUT2D eigenvalue weighted by Gasteiger charge is -2.42. The number of benzene rings is 3. The van der Waals surface area contributed by atoms with E-state index in [9.17, 15) is 28.1 Å². The molecule has 9 rings (SSSR count). The number of hydrogen-bond donors (Lipinski definition) is 3. The van der Waals surface area contributed by atoms with Crippen LogP contribution >= 0.6 is 11.6 Å². The van der Waals surface area contributed by atoms with Gasteiger partial charge < -0.3 is 29.6 Å². The third kappa shape index (κ3) is 9.21. The molecule has 3 aliphatic heterocycles. The van der Waals surface area contributed by atoms with Crippen molar-refractivity contribution in [3.8, 4) is 11.5 Å². The molecule has 0 bridgehead atoms. The van der Waals surface area contributed by atoms with Gasteiger partial charge in [0.05, 0.1) is 21.6 Å². The molecule has 1 atom stereocenters. The Labute approximate surface area is 363 Å². The van der Waals surface area contributed by atoms with Crippen LogP contribution in [-0.4, -0.2) is 103 Å². The Hall–Kier alpha value is -5.75. The molecule has 2 saturated heterocycles. The topological polar surface area (TPSA) is 192 Å². The van der Waals surface area contributed by atoms with Gasteiger partial charge in [0, 0.05) is 105 Å². The molecule has 1 aliphatic carbocycles. The summed E-state index contributed by atoms with van der Waals surface area (Å²) >= 11 is 6.37. The molecule has 3 aromatic carbocycles. The monoisotopic (exact) mass is 882 g/mol. The summed E-state index contributed by atoms with van der Waals surface area (Å²) in [7, 11) is -4.57. The predicted molar refractivity (Wildman–Crippen MR) is 233 cm³/mol. The number of fused-ring (bicyclic) bond motifs is 2. The van der Waals surface area contributed by atoms with Gasteiger partial charge in [-0.15, -0.1) is 0 Å². The number of piperazine rings is 1. The summed E-state index contributed by atoms with van der Waals surface area (Å²) < 4.78 is 41.1. The van der Waals surface area contributed by atoms with Gasteiger partial charge in [-0.25, -0.2) is 18.1 Å². The molecule has 2 amide bonds. The quantitative estimate of drug-likeness (QED) is 0.0878. The fourth-order valence-corrected chi connectivity index (χ4v) is 9.77. The van der Waals surface area contributed by atoms with E-state index >= 15 is 0 Å². The Morgan fingerprint density at radius 3 is 2.55 bits per heavy atom. The van der Waals surface area contributed by atoms with Gasteiger partial charge in [0.15, 0.2) is 0 Å². The van der Waals surface area contributed by atoms with Crippen LogP contribution in [0.3, 0.4) is 0 Å². The number of amides is 2. The van der Waals surface area contributed by atoms with E-state index < -0.39 is 31.4 Å². The second kappa shape index (κ2) is 17.6. The van der Waals surface area contributed by atoms with Crippen molar-refractivity contribution in [3.05, 3.63) is 111 Å². The normalized spacial score (nSPS) is 18.6. The average molecular weight is 883 g/mol. The zero-order valence-electron chi connectivity index (χ0n) is 33.9. The molecule has 0 spiro atoms. The van der Waals surface area contributed by atoms with Gasteiger partial charge in [-0.1, -0.05) is 17.7 Å². The molecule has 16 nitrogen and oxygen atoms in total. The first kappa shape index (κ1) is 41.6. The van der Waals surface area contributed by atoms with Gasteiger partial charge in [-0.2, -0.15) is 0 Å². The lowest BCUT2D eigenvalue weighted by atomic mass is 9.93. The van der Waals surface area contributed by atoms with Crippen LogP contribution in [0.2, 0.25) is 5.02 Å². The fourth-order valence-electron chi connectivity index (χ4n) is 8.59. The molecule has 5 aromatic rings. The molecule has 1 saturated carbocycles. The van der Waals surface area contributed by atoms with Crippen molar-refractivity contribution in [2.45, 2.75) is 49.6 Å². The number of carbonyl (C=O) groups is 2. The van der Waals surface area contributed by atoms with Crippen molar-refractivity contribution < 1.29 is 32.4 Å². The van der Waals surface area contributed by atoms with Gasteiger partial charge in [0.25, 0.3) is 21.6 Å². The summed E-state index contributed by atoms with van der Waals surface area (Å²) in [6.45, 7) is 5.79. The summed E-state index contributed by atoms with van der Waals surface area (Å²) in [5.74, 6) is 0.0715. The number of nitrogens with one attached hydrogen (secondary N) is 3. The molecular formula is C44H47ClN8O8S. The number of aromatic nitrogens is 2. The Balaban J connectivity index is 0.917. The van der Waals surface area contributed by atoms with Crippen molar-refractivity contribution in [3.63, 3.8) is 0 Å². The molecule has 3 fully saturated rings. The molecular weight excluding hydrogens is 836 g/mol. The maximum absolute atomic E-state index is 13.9. The van der Waals surface area contributed by atoms with Gasteiger partial charge in [-0.05, 0) is 97.7 Å². The smallest absolute Gasteiger partial charge is 0.293 e. The Bertz CT molecular complexity index is 2620. The van der Waals surface area contributed by atoms with Crippen LogP contribution in [0.1, 0.15) is 47.2 Å². The van der Waals surface area contributed by atoms with Crippen LogP contribution in [0.25, 0.3) is 11.0 Å². The number of rotatable bonds is 13. The number of halogens is 1. The Kier molecular flexibility index (Phi) is 11.8. The number of carbonyl (C=O) groups excluding carboxylic acids is 2. The Morgan fingerprint density at radius 1 is 0.968 bits per heavy atom. The largest absolute Gasteiger partial charge is 0.455 e. The van der Waals surface area contributed by atoms with E-state index in [2.05, 4.69) is 34.7 Å². The number of hydrogen-bond acceptors (Lipinski definition) is 12. The van der Waals surface area contributed by atoms with Crippen LogP contribution in [-0.2, 0) is 32.5 Å². The fraction of sp³-hybridized carbons (Fsp3) is 0.386. The first-order valence-electron chi connectivity index (χ1n) is 20.9. The van der Waals surface area contributed by atoms with E-state index in [-0.39, 0.29) is 40.8 Å². The molecule has 62 heavy (non-hydrogen) atoms. The zero-order chi connectivity index (χ0) is 43.0. The molecule has 1 unspecified atom stereocenters. The van der Waals surface area contributed by atoms with Crippen LogP contribution < -0.4 is 19.7 Å². The third-order valence-corrected chi connectivity index (χ3v) is 13.8. The van der Waals surface area contributed by atoms with Crippen molar-refractivity contribution in [2.75, 3.05) is 62.7 Å². The highest BCUT2D eigenvalue weighted by molar-refractivity contribution is 7.90. The maximum atomic E-state index is 13.9. The molecule has 4 aliphatic rings. The van der Waals surface area contributed by atoms with Crippen molar-refractivity contribution in [1.29, 1.82) is 0 Å². The highest BCUT2D eigenvalue weighted by Crippen LogP contribution is 2.37. The number of ether oxygens (including phenoxy) is 2. The first-order chi connectivity index (χ1) is 30.0. The van der Waals surface area contributed by atoms with Crippen LogP contribution in [0, 0.1) is 22.0 Å². The van der Waals surface area contributed by atoms with Gasteiger partial charge in [0.2, 0.25) is 5.91 Å². The van der Waals surface area contributed by atoms with E-state index in [4.69, 9.17) is 21.1 Å². The van der Waals surface area contributed by atoms with E-state index in [0.29, 0.717) is 55.8 Å². The minimum Gasteiger partial charge on any atom is -0.455 e.